The van der Waals surface area contributed by atoms with E-state index in [1.54, 1.807) is 36.4 Å². The van der Waals surface area contributed by atoms with Crippen LogP contribution in [0.1, 0.15) is 5.56 Å². The zero-order valence-corrected chi connectivity index (χ0v) is 16.0. The van der Waals surface area contributed by atoms with Gasteiger partial charge in [-0.1, -0.05) is 18.2 Å². The minimum Gasteiger partial charge on any atom is -0.489 e. The van der Waals surface area contributed by atoms with Crippen molar-refractivity contribution in [2.75, 3.05) is 32.5 Å². The molecular formula is C21H20FNO6. The number of carbonyl (C=O) groups is 2. The molecule has 0 aromatic heterocycles. The van der Waals surface area contributed by atoms with Crippen LogP contribution >= 0.6 is 0 Å². The Bertz CT molecular complexity index is 942. The number of carbonyl (C=O) groups excluding carboxylic acids is 2. The zero-order chi connectivity index (χ0) is 20.8. The largest absolute Gasteiger partial charge is 0.489 e. The maximum absolute atomic E-state index is 13.3. The van der Waals surface area contributed by atoms with Crippen LogP contribution in [0.2, 0.25) is 0 Å². The van der Waals surface area contributed by atoms with E-state index in [2.05, 4.69) is 0 Å². The molecule has 7 nitrogen and oxygen atoms in total. The molecule has 0 radical (unpaired) electrons. The lowest BCUT2D eigenvalue weighted by molar-refractivity contribution is -0.140. The highest BCUT2D eigenvalue weighted by Crippen LogP contribution is 2.29. The van der Waals surface area contributed by atoms with E-state index in [1.165, 1.54) is 31.3 Å². The summed E-state index contributed by atoms with van der Waals surface area (Å²) in [7, 11) is 2.46. The molecule has 0 N–H and O–H groups in total. The Morgan fingerprint density at radius 1 is 1.07 bits per heavy atom. The summed E-state index contributed by atoms with van der Waals surface area (Å²) in [5.41, 5.74) is 1.35. The fraction of sp³-hybridized carbons (Fsp3) is 0.238. The smallest absolute Gasteiger partial charge is 0.355 e. The molecule has 0 unspecified atom stereocenters. The first-order valence-corrected chi connectivity index (χ1v) is 8.76. The summed E-state index contributed by atoms with van der Waals surface area (Å²) in [5.74, 6) is -1.19. The Morgan fingerprint density at radius 2 is 1.83 bits per heavy atom. The molecule has 2 aromatic rings. The summed E-state index contributed by atoms with van der Waals surface area (Å²) < 4.78 is 34.1. The number of hydrogen-bond donors (Lipinski definition) is 0. The van der Waals surface area contributed by atoms with E-state index in [0.717, 1.165) is 0 Å². The summed E-state index contributed by atoms with van der Waals surface area (Å²) in [4.78, 5) is 25.9. The van der Waals surface area contributed by atoms with Crippen molar-refractivity contribution < 1.29 is 32.9 Å². The average Bonchev–Trinajstić information content (AvgIpc) is 2.76. The molecule has 1 heterocycles. The number of ether oxygens (including phenoxy) is 4. The Balaban J connectivity index is 1.87. The van der Waals surface area contributed by atoms with E-state index < -0.39 is 11.9 Å². The predicted molar refractivity (Wildman–Crippen MR) is 102 cm³/mol. The third-order valence-electron chi connectivity index (χ3n) is 4.26. The predicted octanol–water partition coefficient (Wildman–Crippen LogP) is 2.80. The van der Waals surface area contributed by atoms with E-state index in [4.69, 9.17) is 18.9 Å². The SMILES string of the molecule is COC(=O)C1=C(C(=O)OC)N(c2cccc(OCc3cccc(F)c3)c2)COC1. The number of halogens is 1. The van der Waals surface area contributed by atoms with Gasteiger partial charge in [-0.15, -0.1) is 0 Å². The number of hydrogen-bond acceptors (Lipinski definition) is 7. The highest BCUT2D eigenvalue weighted by Gasteiger charge is 2.32. The van der Waals surface area contributed by atoms with Crippen LogP contribution in [0, 0.1) is 5.82 Å². The fourth-order valence-electron chi connectivity index (χ4n) is 2.88. The third kappa shape index (κ3) is 4.72. The van der Waals surface area contributed by atoms with Crippen molar-refractivity contribution in [2.24, 2.45) is 0 Å². The Labute approximate surface area is 167 Å². The van der Waals surface area contributed by atoms with Crippen LogP contribution in [0.25, 0.3) is 0 Å². The molecule has 3 rings (SSSR count). The minimum atomic E-state index is -0.681. The molecule has 0 bridgehead atoms. The van der Waals surface area contributed by atoms with Gasteiger partial charge in [-0.25, -0.2) is 14.0 Å². The zero-order valence-electron chi connectivity index (χ0n) is 16.0. The lowest BCUT2D eigenvalue weighted by Crippen LogP contribution is -2.38. The van der Waals surface area contributed by atoms with E-state index in [0.29, 0.717) is 17.0 Å². The van der Waals surface area contributed by atoms with Gasteiger partial charge in [-0.3, -0.25) is 0 Å². The Kier molecular flexibility index (Phi) is 6.46. The van der Waals surface area contributed by atoms with Crippen molar-refractivity contribution in [1.82, 2.24) is 0 Å². The number of benzene rings is 2. The normalized spacial score (nSPS) is 13.8. The second-order valence-electron chi connectivity index (χ2n) is 6.13. The summed E-state index contributed by atoms with van der Waals surface area (Å²) in [6.45, 7) is 0.145. The molecule has 1 aliphatic rings. The van der Waals surface area contributed by atoms with Gasteiger partial charge in [0.05, 0.1) is 26.4 Å². The second kappa shape index (κ2) is 9.20. The molecular weight excluding hydrogens is 381 g/mol. The molecule has 1 aliphatic heterocycles. The van der Waals surface area contributed by atoms with Crippen LogP contribution in [0.5, 0.6) is 5.75 Å². The number of methoxy groups -OCH3 is 2. The van der Waals surface area contributed by atoms with E-state index in [1.807, 2.05) is 0 Å². The van der Waals surface area contributed by atoms with Gasteiger partial charge in [0.2, 0.25) is 0 Å². The molecule has 0 saturated heterocycles. The molecule has 0 fully saturated rings. The van der Waals surface area contributed by atoms with Crippen LogP contribution in [-0.2, 0) is 30.4 Å². The average molecular weight is 401 g/mol. The Morgan fingerprint density at radius 3 is 2.55 bits per heavy atom. The molecule has 152 valence electrons. The minimum absolute atomic E-state index is 0.0400. The van der Waals surface area contributed by atoms with Gasteiger partial charge in [0.25, 0.3) is 0 Å². The summed E-state index contributed by atoms with van der Waals surface area (Å²) in [5, 5.41) is 0. The molecule has 0 atom stereocenters. The molecule has 29 heavy (non-hydrogen) atoms. The van der Waals surface area contributed by atoms with Crippen molar-refractivity contribution in [2.45, 2.75) is 6.61 Å². The second-order valence-corrected chi connectivity index (χ2v) is 6.13. The molecule has 0 aliphatic carbocycles. The lowest BCUT2D eigenvalue weighted by Gasteiger charge is -2.31. The van der Waals surface area contributed by atoms with Crippen LogP contribution < -0.4 is 9.64 Å². The fourth-order valence-corrected chi connectivity index (χ4v) is 2.88. The summed E-state index contributed by atoms with van der Waals surface area (Å²) in [6.07, 6.45) is 0. The number of rotatable bonds is 6. The quantitative estimate of drug-likeness (QED) is 0.689. The first kappa shape index (κ1) is 20.3. The van der Waals surface area contributed by atoms with Gasteiger partial charge in [0.1, 0.15) is 30.6 Å². The first-order chi connectivity index (χ1) is 14.0. The van der Waals surface area contributed by atoms with E-state index in [9.17, 15) is 14.0 Å². The topological polar surface area (TPSA) is 74.3 Å². The van der Waals surface area contributed by atoms with Gasteiger partial charge >= 0.3 is 11.9 Å². The van der Waals surface area contributed by atoms with Crippen molar-refractivity contribution in [3.05, 3.63) is 71.2 Å². The van der Waals surface area contributed by atoms with Crippen LogP contribution in [0.4, 0.5) is 10.1 Å². The Hall–Kier alpha value is -3.39. The monoisotopic (exact) mass is 401 g/mol. The first-order valence-electron chi connectivity index (χ1n) is 8.76. The molecule has 0 spiro atoms. The van der Waals surface area contributed by atoms with Gasteiger partial charge < -0.3 is 23.8 Å². The summed E-state index contributed by atoms with van der Waals surface area (Å²) >= 11 is 0. The number of esters is 2. The molecule has 0 saturated carbocycles. The standard InChI is InChI=1S/C21H20FNO6/c1-26-20(24)18-12-28-13-23(19(18)21(25)27-2)16-7-4-8-17(10-16)29-11-14-5-3-6-15(22)9-14/h3-10H,11-13H2,1-2H3. The van der Waals surface area contributed by atoms with Crippen LogP contribution in [-0.4, -0.2) is 39.5 Å². The number of nitrogens with zero attached hydrogens (tertiary/aromatic N) is 1. The van der Waals surface area contributed by atoms with E-state index >= 15 is 0 Å². The van der Waals surface area contributed by atoms with Crippen molar-refractivity contribution >= 4 is 17.6 Å². The molecule has 0 amide bonds. The van der Waals surface area contributed by atoms with Crippen molar-refractivity contribution in [3.63, 3.8) is 0 Å². The van der Waals surface area contributed by atoms with Crippen molar-refractivity contribution in [3.8, 4) is 5.75 Å². The molecule has 8 heteroatoms. The van der Waals surface area contributed by atoms with E-state index in [-0.39, 0.29) is 37.0 Å². The van der Waals surface area contributed by atoms with Gasteiger partial charge in [0, 0.05) is 11.8 Å². The third-order valence-corrected chi connectivity index (χ3v) is 4.26. The van der Waals surface area contributed by atoms with Crippen LogP contribution in [0.15, 0.2) is 59.8 Å². The van der Waals surface area contributed by atoms with Gasteiger partial charge in [-0.05, 0) is 29.8 Å². The highest BCUT2D eigenvalue weighted by molar-refractivity contribution is 6.03. The van der Waals surface area contributed by atoms with Gasteiger partial charge in [-0.2, -0.15) is 0 Å². The van der Waals surface area contributed by atoms with Gasteiger partial charge in [0.15, 0.2) is 0 Å². The maximum atomic E-state index is 13.3. The summed E-state index contributed by atoms with van der Waals surface area (Å²) in [6, 6.07) is 13.0. The maximum Gasteiger partial charge on any atom is 0.355 e. The lowest BCUT2D eigenvalue weighted by atomic mass is 10.1. The van der Waals surface area contributed by atoms with Crippen LogP contribution in [0.3, 0.4) is 0 Å². The molecule has 2 aromatic carbocycles. The van der Waals surface area contributed by atoms with Crippen molar-refractivity contribution in [1.29, 1.82) is 0 Å². The number of anilines is 1. The highest BCUT2D eigenvalue weighted by atomic mass is 19.1.